The molecule has 1 heterocycles. The number of piperidine rings is 1. The van der Waals surface area contributed by atoms with Crippen LogP contribution < -0.4 is 4.74 Å². The van der Waals surface area contributed by atoms with Crippen molar-refractivity contribution in [2.75, 3.05) is 13.1 Å². The van der Waals surface area contributed by atoms with Gasteiger partial charge in [-0.15, -0.1) is 0 Å². The zero-order valence-corrected chi connectivity index (χ0v) is 19.3. The Morgan fingerprint density at radius 1 is 1.03 bits per heavy atom. The lowest BCUT2D eigenvalue weighted by atomic mass is 9.76. The number of likely N-dealkylation sites (tertiary alicyclic amines) is 1. The first-order chi connectivity index (χ1) is 14.8. The minimum Gasteiger partial charge on any atom is -0.490 e. The summed E-state index contributed by atoms with van der Waals surface area (Å²) in [6.07, 6.45) is 7.28. The second-order valence-electron chi connectivity index (χ2n) is 10.5. The molecule has 2 aromatic carbocycles. The van der Waals surface area contributed by atoms with Crippen molar-refractivity contribution in [3.63, 3.8) is 0 Å². The number of hydrogen-bond donors (Lipinski definition) is 1. The van der Waals surface area contributed by atoms with Crippen LogP contribution in [0.15, 0.2) is 36.4 Å². The fourth-order valence-electron chi connectivity index (χ4n) is 5.24. The van der Waals surface area contributed by atoms with Gasteiger partial charge in [0.1, 0.15) is 5.75 Å². The van der Waals surface area contributed by atoms with Gasteiger partial charge >= 0.3 is 5.97 Å². The van der Waals surface area contributed by atoms with Crippen LogP contribution in [0.5, 0.6) is 5.75 Å². The van der Waals surface area contributed by atoms with Crippen molar-refractivity contribution in [1.29, 1.82) is 0 Å². The number of aliphatic carboxylic acids is 1. The Bertz CT molecular complexity index is 917. The average molecular weight is 424 g/mol. The highest BCUT2D eigenvalue weighted by Gasteiger charge is 2.39. The summed E-state index contributed by atoms with van der Waals surface area (Å²) in [5.41, 5.74) is 1.22. The van der Waals surface area contributed by atoms with Crippen molar-refractivity contribution in [1.82, 2.24) is 4.90 Å². The average Bonchev–Trinajstić information content (AvgIpc) is 2.76. The molecule has 4 rings (SSSR count). The quantitative estimate of drug-likeness (QED) is 0.595. The Kier molecular flexibility index (Phi) is 6.30. The number of rotatable bonds is 6. The zero-order valence-electron chi connectivity index (χ0n) is 19.3. The van der Waals surface area contributed by atoms with Gasteiger partial charge in [0.15, 0.2) is 0 Å². The molecule has 168 valence electrons. The Morgan fingerprint density at radius 3 is 2.32 bits per heavy atom. The minimum absolute atomic E-state index is 0.338. The number of hydrogen-bond acceptors (Lipinski definition) is 3. The molecule has 2 aliphatic rings. The lowest BCUT2D eigenvalue weighted by Crippen LogP contribution is -2.43. The van der Waals surface area contributed by atoms with Crippen molar-refractivity contribution < 1.29 is 14.6 Å². The highest BCUT2D eigenvalue weighted by Crippen LogP contribution is 2.37. The first kappa shape index (κ1) is 22.1. The second kappa shape index (κ2) is 8.82. The Labute approximate surface area is 186 Å². The van der Waals surface area contributed by atoms with Crippen molar-refractivity contribution in [3.05, 3.63) is 42.0 Å². The molecule has 1 N–H and O–H groups in total. The van der Waals surface area contributed by atoms with Crippen molar-refractivity contribution in [2.24, 2.45) is 10.8 Å². The van der Waals surface area contributed by atoms with E-state index < -0.39 is 11.4 Å². The fourth-order valence-corrected chi connectivity index (χ4v) is 5.24. The molecule has 0 unspecified atom stereocenters. The maximum atomic E-state index is 11.7. The van der Waals surface area contributed by atoms with Gasteiger partial charge in [0.25, 0.3) is 0 Å². The van der Waals surface area contributed by atoms with Gasteiger partial charge in [-0.1, -0.05) is 39.0 Å². The summed E-state index contributed by atoms with van der Waals surface area (Å²) >= 11 is 0. The number of nitrogens with zero attached hydrogens (tertiary/aromatic N) is 1. The summed E-state index contributed by atoms with van der Waals surface area (Å²) < 4.78 is 6.30. The molecule has 2 aromatic rings. The summed E-state index contributed by atoms with van der Waals surface area (Å²) in [7, 11) is 0. The van der Waals surface area contributed by atoms with Crippen LogP contribution in [0.4, 0.5) is 0 Å². The summed E-state index contributed by atoms with van der Waals surface area (Å²) in [4.78, 5) is 14.1. The molecular weight excluding hydrogens is 386 g/mol. The number of carbonyl (C=O) groups is 1. The maximum absolute atomic E-state index is 11.7. The van der Waals surface area contributed by atoms with E-state index in [0.717, 1.165) is 57.5 Å². The molecule has 0 spiro atoms. The lowest BCUT2D eigenvalue weighted by Gasteiger charge is -2.38. The van der Waals surface area contributed by atoms with E-state index in [9.17, 15) is 9.90 Å². The van der Waals surface area contributed by atoms with Crippen LogP contribution in [0.25, 0.3) is 10.8 Å². The van der Waals surface area contributed by atoms with Gasteiger partial charge in [0.05, 0.1) is 11.5 Å². The van der Waals surface area contributed by atoms with Crippen LogP contribution in [0.3, 0.4) is 0 Å². The largest absolute Gasteiger partial charge is 0.490 e. The Balaban J connectivity index is 1.37. The molecule has 0 aromatic heterocycles. The van der Waals surface area contributed by atoms with Gasteiger partial charge in [0.2, 0.25) is 0 Å². The third kappa shape index (κ3) is 5.06. The van der Waals surface area contributed by atoms with E-state index >= 15 is 0 Å². The van der Waals surface area contributed by atoms with Crippen molar-refractivity contribution in [2.45, 2.75) is 78.4 Å². The van der Waals surface area contributed by atoms with E-state index in [1.54, 1.807) is 0 Å². The van der Waals surface area contributed by atoms with E-state index in [0.29, 0.717) is 11.5 Å². The van der Waals surface area contributed by atoms with Gasteiger partial charge in [-0.05, 0) is 98.0 Å². The Hall–Kier alpha value is -2.07. The minimum atomic E-state index is -0.629. The molecule has 0 radical (unpaired) electrons. The van der Waals surface area contributed by atoms with Crippen LogP contribution in [-0.2, 0) is 11.3 Å². The molecule has 0 amide bonds. The predicted molar refractivity (Wildman–Crippen MR) is 125 cm³/mol. The van der Waals surface area contributed by atoms with Crippen molar-refractivity contribution >= 4 is 16.7 Å². The SMILES string of the molecule is CCC1(C(=O)O)CCN(Cc2ccc3cc(OC4CCC(C)(C)CC4)ccc3c2)CC1. The Morgan fingerprint density at radius 2 is 1.68 bits per heavy atom. The summed E-state index contributed by atoms with van der Waals surface area (Å²) in [6.45, 7) is 9.29. The fraction of sp³-hybridized carbons (Fsp3) is 0.593. The number of carboxylic acids is 1. The first-order valence-corrected chi connectivity index (χ1v) is 11.9. The molecule has 4 nitrogen and oxygen atoms in total. The number of benzene rings is 2. The van der Waals surface area contributed by atoms with Gasteiger partial charge in [-0.3, -0.25) is 9.69 Å². The summed E-state index contributed by atoms with van der Waals surface area (Å²) in [5.74, 6) is 0.348. The highest BCUT2D eigenvalue weighted by molar-refractivity contribution is 5.84. The molecule has 1 aliphatic heterocycles. The molecule has 1 aliphatic carbocycles. The van der Waals surface area contributed by atoms with Crippen LogP contribution in [0.2, 0.25) is 0 Å². The topological polar surface area (TPSA) is 49.8 Å². The number of carboxylic acid groups (broad SMARTS) is 1. The molecule has 31 heavy (non-hydrogen) atoms. The molecule has 0 bridgehead atoms. The molecular formula is C27H37NO3. The van der Waals surface area contributed by atoms with E-state index in [1.807, 2.05) is 6.92 Å². The van der Waals surface area contributed by atoms with Crippen LogP contribution in [0.1, 0.15) is 71.3 Å². The molecule has 1 saturated heterocycles. The number of ether oxygens (including phenoxy) is 1. The van der Waals surface area contributed by atoms with Crippen LogP contribution in [-0.4, -0.2) is 35.2 Å². The molecule has 2 fully saturated rings. The van der Waals surface area contributed by atoms with E-state index in [4.69, 9.17) is 4.74 Å². The molecule has 4 heteroatoms. The van der Waals surface area contributed by atoms with Gasteiger partial charge in [0, 0.05) is 6.54 Å². The highest BCUT2D eigenvalue weighted by atomic mass is 16.5. The second-order valence-corrected chi connectivity index (χ2v) is 10.5. The monoisotopic (exact) mass is 423 g/mol. The summed E-state index contributed by atoms with van der Waals surface area (Å²) in [6, 6.07) is 13.1. The normalized spacial score (nSPS) is 21.8. The van der Waals surface area contributed by atoms with Gasteiger partial charge in [-0.2, -0.15) is 0 Å². The third-order valence-electron chi connectivity index (χ3n) is 7.81. The predicted octanol–water partition coefficient (Wildman–Crippen LogP) is 6.26. The van der Waals surface area contributed by atoms with Crippen molar-refractivity contribution in [3.8, 4) is 5.75 Å². The third-order valence-corrected chi connectivity index (χ3v) is 7.81. The smallest absolute Gasteiger partial charge is 0.309 e. The van der Waals surface area contributed by atoms with E-state index in [1.165, 1.54) is 29.2 Å². The van der Waals surface area contributed by atoms with E-state index in [2.05, 4.69) is 55.1 Å². The zero-order chi connectivity index (χ0) is 22.1. The van der Waals surface area contributed by atoms with Crippen LogP contribution in [0, 0.1) is 10.8 Å². The maximum Gasteiger partial charge on any atom is 0.309 e. The molecule has 1 saturated carbocycles. The first-order valence-electron chi connectivity index (χ1n) is 11.9. The standard InChI is InChI=1S/C27H37NO3/c1-4-27(25(29)30)13-15-28(16-14-27)19-20-5-6-22-18-24(8-7-21(22)17-20)31-23-9-11-26(2,3)12-10-23/h5-8,17-18,23H,4,9-16,19H2,1-3H3,(H,29,30). The van der Waals surface area contributed by atoms with Gasteiger partial charge < -0.3 is 9.84 Å². The van der Waals surface area contributed by atoms with Gasteiger partial charge in [-0.25, -0.2) is 0 Å². The summed E-state index contributed by atoms with van der Waals surface area (Å²) in [5, 5.41) is 12.1. The number of fused-ring (bicyclic) bond motifs is 1. The molecule has 0 atom stereocenters. The van der Waals surface area contributed by atoms with E-state index in [-0.39, 0.29) is 0 Å². The lowest BCUT2D eigenvalue weighted by molar-refractivity contribution is -0.152. The van der Waals surface area contributed by atoms with Crippen LogP contribution >= 0.6 is 0 Å².